The van der Waals surface area contributed by atoms with E-state index in [-0.39, 0.29) is 12.6 Å². The van der Waals surface area contributed by atoms with Crippen LogP contribution in [-0.2, 0) is 0 Å². The first-order valence-electron chi connectivity index (χ1n) is 8.35. The SMILES string of the molecule is CCC[C@@H](CCO)Nc1nc(C)ncc1OCC1=CC=CC=C=C1. The zero-order chi connectivity index (χ0) is 17.2. The quantitative estimate of drug-likeness (QED) is 0.681. The first-order valence-corrected chi connectivity index (χ1v) is 8.35. The van der Waals surface area contributed by atoms with Gasteiger partial charge in [-0.2, -0.15) is 0 Å². The summed E-state index contributed by atoms with van der Waals surface area (Å²) in [5.74, 6) is 1.98. The number of anilines is 1. The van der Waals surface area contributed by atoms with E-state index in [0.29, 0.717) is 30.4 Å². The molecule has 0 saturated carbocycles. The third kappa shape index (κ3) is 5.69. The standard InChI is InChI=1S/C19H25N3O2/c1-3-8-17(11-12-23)22-19-18(13-20-15(2)21-19)24-14-16-9-6-4-5-7-10-16/h4-6,9-10,13,17,23H,3,8,11-12,14H2,1-2H3,(H,20,21,22)/t17-/m0/s1. The maximum Gasteiger partial charge on any atom is 0.180 e. The van der Waals surface area contributed by atoms with Crippen LogP contribution >= 0.6 is 0 Å². The van der Waals surface area contributed by atoms with Crippen molar-refractivity contribution in [2.24, 2.45) is 0 Å². The molecule has 24 heavy (non-hydrogen) atoms. The van der Waals surface area contributed by atoms with Gasteiger partial charge >= 0.3 is 0 Å². The van der Waals surface area contributed by atoms with Crippen molar-refractivity contribution in [1.82, 2.24) is 9.97 Å². The monoisotopic (exact) mass is 327 g/mol. The number of hydrogen-bond donors (Lipinski definition) is 2. The lowest BCUT2D eigenvalue weighted by atomic mass is 10.1. The number of aromatic nitrogens is 2. The van der Waals surface area contributed by atoms with Crippen molar-refractivity contribution in [1.29, 1.82) is 0 Å². The van der Waals surface area contributed by atoms with E-state index < -0.39 is 0 Å². The van der Waals surface area contributed by atoms with Crippen LogP contribution in [0.25, 0.3) is 0 Å². The summed E-state index contributed by atoms with van der Waals surface area (Å²) in [6.45, 7) is 4.54. The van der Waals surface area contributed by atoms with E-state index in [2.05, 4.69) is 27.9 Å². The van der Waals surface area contributed by atoms with E-state index >= 15 is 0 Å². The molecule has 1 aromatic heterocycles. The molecule has 0 fully saturated rings. The maximum absolute atomic E-state index is 9.23. The predicted octanol–water partition coefficient (Wildman–Crippen LogP) is 3.33. The van der Waals surface area contributed by atoms with E-state index in [9.17, 15) is 5.11 Å². The van der Waals surface area contributed by atoms with Crippen LogP contribution in [0.3, 0.4) is 0 Å². The average Bonchev–Trinajstić information content (AvgIpc) is 2.83. The molecule has 5 nitrogen and oxygen atoms in total. The lowest BCUT2D eigenvalue weighted by Gasteiger charge is -2.20. The Hall–Kier alpha value is -2.36. The molecule has 5 heteroatoms. The van der Waals surface area contributed by atoms with Crippen LogP contribution < -0.4 is 10.1 Å². The van der Waals surface area contributed by atoms with Crippen LogP contribution in [-0.4, -0.2) is 34.3 Å². The van der Waals surface area contributed by atoms with E-state index in [4.69, 9.17) is 4.74 Å². The first-order chi connectivity index (χ1) is 11.7. The summed E-state index contributed by atoms with van der Waals surface area (Å²) in [4.78, 5) is 8.70. The molecule has 1 aliphatic rings. The molecule has 0 aromatic carbocycles. The number of hydrogen-bond acceptors (Lipinski definition) is 5. The molecule has 1 atom stereocenters. The minimum atomic E-state index is 0.147. The number of rotatable bonds is 9. The molecule has 2 N–H and O–H groups in total. The largest absolute Gasteiger partial charge is 0.483 e. The van der Waals surface area contributed by atoms with Crippen LogP contribution in [0.15, 0.2) is 47.9 Å². The Morgan fingerprint density at radius 1 is 1.33 bits per heavy atom. The highest BCUT2D eigenvalue weighted by atomic mass is 16.5. The highest BCUT2D eigenvalue weighted by molar-refractivity contribution is 5.49. The number of allylic oxidation sites excluding steroid dienone is 3. The fraction of sp³-hybridized carbons (Fsp3) is 0.421. The highest BCUT2D eigenvalue weighted by Crippen LogP contribution is 2.24. The van der Waals surface area contributed by atoms with Gasteiger partial charge in [0.2, 0.25) is 0 Å². The summed E-state index contributed by atoms with van der Waals surface area (Å²) < 4.78 is 5.91. The Bertz CT molecular complexity index is 653. The lowest BCUT2D eigenvalue weighted by Crippen LogP contribution is -2.22. The van der Waals surface area contributed by atoms with Crippen molar-refractivity contribution in [3.63, 3.8) is 0 Å². The summed E-state index contributed by atoms with van der Waals surface area (Å²) in [5, 5.41) is 12.6. The average molecular weight is 327 g/mol. The van der Waals surface area contributed by atoms with Gasteiger partial charge in [0.05, 0.1) is 6.20 Å². The van der Waals surface area contributed by atoms with Gasteiger partial charge in [0.1, 0.15) is 12.4 Å². The number of aryl methyl sites for hydroxylation is 1. The number of nitrogens with one attached hydrogen (secondary N) is 1. The molecular weight excluding hydrogens is 302 g/mol. The van der Waals surface area contributed by atoms with Gasteiger partial charge in [-0.05, 0) is 37.5 Å². The zero-order valence-electron chi connectivity index (χ0n) is 14.3. The van der Waals surface area contributed by atoms with Crippen molar-refractivity contribution >= 4 is 5.82 Å². The fourth-order valence-electron chi connectivity index (χ4n) is 2.40. The third-order valence-corrected chi connectivity index (χ3v) is 3.61. The van der Waals surface area contributed by atoms with Gasteiger partial charge in [-0.15, -0.1) is 5.73 Å². The second-order valence-corrected chi connectivity index (χ2v) is 5.67. The van der Waals surface area contributed by atoms with Crippen LogP contribution in [0.5, 0.6) is 5.75 Å². The lowest BCUT2D eigenvalue weighted by molar-refractivity contribution is 0.276. The van der Waals surface area contributed by atoms with Gasteiger partial charge in [-0.3, -0.25) is 0 Å². The predicted molar refractivity (Wildman–Crippen MR) is 96.2 cm³/mol. The molecular formula is C19H25N3O2. The van der Waals surface area contributed by atoms with Crippen molar-refractivity contribution in [3.8, 4) is 5.75 Å². The van der Waals surface area contributed by atoms with Gasteiger partial charge in [-0.25, -0.2) is 9.97 Å². The van der Waals surface area contributed by atoms with E-state index in [1.54, 1.807) is 6.20 Å². The molecule has 1 aromatic rings. The summed E-state index contributed by atoms with van der Waals surface area (Å²) in [6, 6.07) is 0.166. The highest BCUT2D eigenvalue weighted by Gasteiger charge is 2.13. The Labute approximate surface area is 143 Å². The minimum Gasteiger partial charge on any atom is -0.483 e. The Kier molecular flexibility index (Phi) is 7.27. The molecule has 0 spiro atoms. The van der Waals surface area contributed by atoms with Gasteiger partial charge in [0.25, 0.3) is 0 Å². The summed E-state index contributed by atoms with van der Waals surface area (Å²) in [6.07, 6.45) is 14.0. The zero-order valence-corrected chi connectivity index (χ0v) is 14.3. The molecule has 0 bridgehead atoms. The van der Waals surface area contributed by atoms with Crippen LogP contribution in [0, 0.1) is 6.92 Å². The normalized spacial score (nSPS) is 14.2. The summed E-state index contributed by atoms with van der Waals surface area (Å²) in [5.41, 5.74) is 4.08. The number of aliphatic hydroxyl groups excluding tert-OH is 1. The van der Waals surface area contributed by atoms with Gasteiger partial charge in [-0.1, -0.05) is 31.6 Å². The van der Waals surface area contributed by atoms with Crippen molar-refractivity contribution in [3.05, 3.63) is 53.7 Å². The van der Waals surface area contributed by atoms with Gasteiger partial charge < -0.3 is 15.2 Å². The Balaban J connectivity index is 2.10. The Morgan fingerprint density at radius 3 is 3.00 bits per heavy atom. The van der Waals surface area contributed by atoms with Crippen molar-refractivity contribution in [2.45, 2.75) is 39.2 Å². The molecule has 0 aliphatic heterocycles. The van der Waals surface area contributed by atoms with E-state index in [1.807, 2.05) is 37.3 Å². The molecule has 2 rings (SSSR count). The molecule has 1 heterocycles. The Morgan fingerprint density at radius 2 is 2.21 bits per heavy atom. The van der Waals surface area contributed by atoms with Crippen LogP contribution in [0.2, 0.25) is 0 Å². The van der Waals surface area contributed by atoms with Crippen molar-refractivity contribution in [2.75, 3.05) is 18.5 Å². The van der Waals surface area contributed by atoms with Gasteiger partial charge in [0.15, 0.2) is 11.6 Å². The fourth-order valence-corrected chi connectivity index (χ4v) is 2.40. The summed E-state index contributed by atoms with van der Waals surface area (Å²) >= 11 is 0. The first kappa shape index (κ1) is 18.0. The smallest absolute Gasteiger partial charge is 0.180 e. The molecule has 0 saturated heterocycles. The second kappa shape index (κ2) is 9.71. The number of nitrogens with zero attached hydrogens (tertiary/aromatic N) is 2. The third-order valence-electron chi connectivity index (χ3n) is 3.61. The van der Waals surface area contributed by atoms with Crippen LogP contribution in [0.1, 0.15) is 32.0 Å². The van der Waals surface area contributed by atoms with E-state index in [0.717, 1.165) is 18.4 Å². The molecule has 0 radical (unpaired) electrons. The van der Waals surface area contributed by atoms with Crippen molar-refractivity contribution < 1.29 is 9.84 Å². The van der Waals surface area contributed by atoms with Crippen LogP contribution in [0.4, 0.5) is 5.82 Å². The molecule has 128 valence electrons. The van der Waals surface area contributed by atoms with Gasteiger partial charge in [0, 0.05) is 12.6 Å². The van der Waals surface area contributed by atoms with E-state index in [1.165, 1.54) is 0 Å². The maximum atomic E-state index is 9.23. The summed E-state index contributed by atoms with van der Waals surface area (Å²) in [7, 11) is 0. The topological polar surface area (TPSA) is 67.3 Å². The minimum absolute atomic E-state index is 0.147. The number of aliphatic hydroxyl groups is 1. The molecule has 0 unspecified atom stereocenters. The number of ether oxygens (including phenoxy) is 1. The second-order valence-electron chi connectivity index (χ2n) is 5.67. The molecule has 0 amide bonds. The molecule has 1 aliphatic carbocycles.